The molecule has 3 N–H and O–H groups in total. The first kappa shape index (κ1) is 22.1. The number of hydrogen-bond acceptors (Lipinski definition) is 5. The highest BCUT2D eigenvalue weighted by molar-refractivity contribution is 6.17. The molecular weight excluding hydrogens is 394 g/mol. The summed E-state index contributed by atoms with van der Waals surface area (Å²) < 4.78 is 0. The van der Waals surface area contributed by atoms with Crippen LogP contribution in [0.2, 0.25) is 0 Å². The normalized spacial score (nSPS) is 16.8. The molecular formula is C24H27N3O4. The number of hydrogen-bond donors (Lipinski definition) is 3. The number of phenols is 1. The van der Waals surface area contributed by atoms with E-state index in [1.54, 1.807) is 24.3 Å². The fourth-order valence-electron chi connectivity index (χ4n) is 3.40. The van der Waals surface area contributed by atoms with Gasteiger partial charge in [-0.05, 0) is 52.0 Å². The minimum Gasteiger partial charge on any atom is -0.507 e. The Morgan fingerprint density at radius 2 is 1.74 bits per heavy atom. The van der Waals surface area contributed by atoms with Crippen LogP contribution in [0.3, 0.4) is 0 Å². The number of ketones is 1. The lowest BCUT2D eigenvalue weighted by atomic mass is 9.94. The van der Waals surface area contributed by atoms with Crippen LogP contribution in [0.4, 0.5) is 5.69 Å². The summed E-state index contributed by atoms with van der Waals surface area (Å²) in [4.78, 5) is 41.2. The predicted molar refractivity (Wildman–Crippen MR) is 119 cm³/mol. The zero-order valence-corrected chi connectivity index (χ0v) is 18.1. The summed E-state index contributed by atoms with van der Waals surface area (Å²) in [6.07, 6.45) is 1.40. The van der Waals surface area contributed by atoms with Gasteiger partial charge in [-0.1, -0.05) is 29.8 Å². The van der Waals surface area contributed by atoms with Crippen molar-refractivity contribution in [3.63, 3.8) is 0 Å². The van der Waals surface area contributed by atoms with Crippen molar-refractivity contribution in [3.05, 3.63) is 71.4 Å². The molecule has 7 heteroatoms. The van der Waals surface area contributed by atoms with Gasteiger partial charge in [0.25, 0.3) is 0 Å². The minimum atomic E-state index is -1.21. The first-order valence-electron chi connectivity index (χ1n) is 10.1. The maximum atomic E-state index is 13.4. The monoisotopic (exact) mass is 421 g/mol. The number of nitrogens with zero attached hydrogens (tertiary/aromatic N) is 1. The molecule has 0 fully saturated rings. The number of Topliss-reactive ketones (excluding diaryl/α,β-unsaturated/α-hetero) is 1. The molecule has 0 aromatic heterocycles. The van der Waals surface area contributed by atoms with Crippen LogP contribution in [0.15, 0.2) is 60.3 Å². The van der Waals surface area contributed by atoms with Gasteiger partial charge in [-0.2, -0.15) is 0 Å². The molecule has 0 aliphatic carbocycles. The number of rotatable bonds is 4. The molecule has 1 aliphatic heterocycles. The number of carbonyl (C=O) groups excluding carboxylic acids is 3. The van der Waals surface area contributed by atoms with Gasteiger partial charge < -0.3 is 15.7 Å². The number of aromatic hydroxyl groups is 1. The average Bonchev–Trinajstić information content (AvgIpc) is 2.86. The number of para-hydroxylation sites is 1. The molecule has 0 spiro atoms. The second-order valence-corrected chi connectivity index (χ2v) is 8.57. The molecule has 1 atom stereocenters. The van der Waals surface area contributed by atoms with E-state index in [4.69, 9.17) is 0 Å². The number of benzene rings is 2. The largest absolute Gasteiger partial charge is 0.507 e. The third-order valence-electron chi connectivity index (χ3n) is 4.80. The Labute approximate surface area is 181 Å². The van der Waals surface area contributed by atoms with Crippen molar-refractivity contribution in [2.75, 3.05) is 11.4 Å². The molecule has 0 radical (unpaired) electrons. The lowest BCUT2D eigenvalue weighted by Gasteiger charge is -2.33. The Bertz CT molecular complexity index is 1040. The molecule has 31 heavy (non-hydrogen) atoms. The third kappa shape index (κ3) is 4.94. The van der Waals surface area contributed by atoms with E-state index in [0.29, 0.717) is 5.69 Å². The zero-order valence-electron chi connectivity index (χ0n) is 18.1. The molecule has 162 valence electrons. The van der Waals surface area contributed by atoms with E-state index in [2.05, 4.69) is 10.6 Å². The maximum absolute atomic E-state index is 13.4. The van der Waals surface area contributed by atoms with Crippen LogP contribution in [0.25, 0.3) is 0 Å². The van der Waals surface area contributed by atoms with Crippen molar-refractivity contribution in [1.29, 1.82) is 0 Å². The lowest BCUT2D eigenvalue weighted by Crippen LogP contribution is -2.55. The predicted octanol–water partition coefficient (Wildman–Crippen LogP) is 2.69. The van der Waals surface area contributed by atoms with E-state index in [1.165, 1.54) is 23.2 Å². The summed E-state index contributed by atoms with van der Waals surface area (Å²) in [5, 5.41) is 15.9. The Hall–Kier alpha value is -3.61. The van der Waals surface area contributed by atoms with Gasteiger partial charge in [0.1, 0.15) is 11.8 Å². The molecule has 0 bridgehead atoms. The standard InChI is InChI=1S/C24H27N3O4/c1-15-9-11-16(12-10-15)27-20(29)14-25-13-18(21(27)23(31)26-24(2,3)4)22(30)17-7-5-6-8-19(17)28/h5-13,21,25,28H,14H2,1-4H3,(H,26,31). The summed E-state index contributed by atoms with van der Waals surface area (Å²) in [6, 6.07) is 12.1. The van der Waals surface area contributed by atoms with Gasteiger partial charge in [0.2, 0.25) is 11.8 Å². The molecule has 1 heterocycles. The molecule has 2 aromatic rings. The summed E-state index contributed by atoms with van der Waals surface area (Å²) >= 11 is 0. The van der Waals surface area contributed by atoms with E-state index in [1.807, 2.05) is 39.8 Å². The van der Waals surface area contributed by atoms with Gasteiger partial charge in [0.05, 0.1) is 12.1 Å². The number of nitrogens with one attached hydrogen (secondary N) is 2. The topological polar surface area (TPSA) is 98.7 Å². The highest BCUT2D eigenvalue weighted by Crippen LogP contribution is 2.28. The number of carbonyl (C=O) groups is 3. The lowest BCUT2D eigenvalue weighted by molar-refractivity contribution is -0.126. The van der Waals surface area contributed by atoms with Gasteiger partial charge in [-0.25, -0.2) is 0 Å². The summed E-state index contributed by atoms with van der Waals surface area (Å²) in [5.74, 6) is -1.57. The van der Waals surface area contributed by atoms with Gasteiger partial charge in [0.15, 0.2) is 5.78 Å². The first-order chi connectivity index (χ1) is 14.6. The van der Waals surface area contributed by atoms with E-state index in [0.717, 1.165) is 5.56 Å². The molecule has 7 nitrogen and oxygen atoms in total. The summed E-state index contributed by atoms with van der Waals surface area (Å²) in [6.45, 7) is 7.32. The van der Waals surface area contributed by atoms with E-state index in [-0.39, 0.29) is 29.3 Å². The first-order valence-corrected chi connectivity index (χ1v) is 10.1. The highest BCUT2D eigenvalue weighted by Gasteiger charge is 2.40. The Morgan fingerprint density at radius 3 is 2.35 bits per heavy atom. The van der Waals surface area contributed by atoms with E-state index in [9.17, 15) is 19.5 Å². The van der Waals surface area contributed by atoms with Gasteiger partial charge >= 0.3 is 0 Å². The van der Waals surface area contributed by atoms with Crippen LogP contribution in [-0.2, 0) is 9.59 Å². The Morgan fingerprint density at radius 1 is 1.10 bits per heavy atom. The summed E-state index contributed by atoms with van der Waals surface area (Å²) in [5.41, 5.74) is 1.05. The Balaban J connectivity index is 2.15. The van der Waals surface area contributed by atoms with Crippen molar-refractivity contribution >= 4 is 23.3 Å². The van der Waals surface area contributed by atoms with Crippen molar-refractivity contribution < 1.29 is 19.5 Å². The fraction of sp³-hybridized carbons (Fsp3) is 0.292. The molecule has 0 saturated heterocycles. The average molecular weight is 421 g/mol. The van der Waals surface area contributed by atoms with E-state index >= 15 is 0 Å². The van der Waals surface area contributed by atoms with Crippen LogP contribution >= 0.6 is 0 Å². The molecule has 1 aliphatic rings. The van der Waals surface area contributed by atoms with Crippen molar-refractivity contribution in [3.8, 4) is 5.75 Å². The highest BCUT2D eigenvalue weighted by atomic mass is 16.3. The maximum Gasteiger partial charge on any atom is 0.248 e. The van der Waals surface area contributed by atoms with Crippen molar-refractivity contribution in [2.45, 2.75) is 39.3 Å². The van der Waals surface area contributed by atoms with Crippen LogP contribution in [0.1, 0.15) is 36.7 Å². The zero-order chi connectivity index (χ0) is 22.8. The Kier molecular flexibility index (Phi) is 6.15. The van der Waals surface area contributed by atoms with Gasteiger partial charge in [-0.15, -0.1) is 0 Å². The molecule has 3 rings (SSSR count). The van der Waals surface area contributed by atoms with Gasteiger partial charge in [0, 0.05) is 23.0 Å². The van der Waals surface area contributed by atoms with Gasteiger partial charge in [-0.3, -0.25) is 19.3 Å². The quantitative estimate of drug-likeness (QED) is 0.660. The van der Waals surface area contributed by atoms with Crippen LogP contribution in [0.5, 0.6) is 5.75 Å². The van der Waals surface area contributed by atoms with E-state index < -0.39 is 23.3 Å². The molecule has 0 saturated carbocycles. The smallest absolute Gasteiger partial charge is 0.248 e. The summed E-state index contributed by atoms with van der Waals surface area (Å²) in [7, 11) is 0. The fourth-order valence-corrected chi connectivity index (χ4v) is 3.40. The van der Waals surface area contributed by atoms with Crippen LogP contribution in [-0.4, -0.2) is 40.8 Å². The van der Waals surface area contributed by atoms with Crippen LogP contribution in [0, 0.1) is 6.92 Å². The van der Waals surface area contributed by atoms with Crippen molar-refractivity contribution in [1.82, 2.24) is 10.6 Å². The second kappa shape index (κ2) is 8.63. The molecule has 1 unspecified atom stereocenters. The number of amides is 2. The number of aryl methyl sites for hydroxylation is 1. The SMILES string of the molecule is Cc1ccc(N2C(=O)CNC=C(C(=O)c3ccccc3O)C2C(=O)NC(C)(C)C)cc1. The molecule has 2 amide bonds. The molecule has 2 aromatic carbocycles. The minimum absolute atomic E-state index is 0.0577. The number of anilines is 1. The number of phenolic OH excluding ortho intramolecular Hbond substituents is 1. The van der Waals surface area contributed by atoms with Crippen LogP contribution < -0.4 is 15.5 Å². The van der Waals surface area contributed by atoms with Crippen molar-refractivity contribution in [2.24, 2.45) is 0 Å². The third-order valence-corrected chi connectivity index (χ3v) is 4.80. The second-order valence-electron chi connectivity index (χ2n) is 8.57.